The van der Waals surface area contributed by atoms with Gasteiger partial charge in [0.15, 0.2) is 0 Å². The lowest BCUT2D eigenvalue weighted by Gasteiger charge is -2.15. The molecule has 0 atom stereocenters. The monoisotopic (exact) mass is 397 g/mol. The first-order chi connectivity index (χ1) is 13.4. The first kappa shape index (κ1) is 19.9. The minimum absolute atomic E-state index is 0.128. The molecule has 2 aromatic carbocycles. The van der Waals surface area contributed by atoms with Crippen molar-refractivity contribution in [3.8, 4) is 0 Å². The number of carbonyl (C=O) groups is 1. The van der Waals surface area contributed by atoms with Gasteiger partial charge in [-0.15, -0.1) is 11.8 Å². The van der Waals surface area contributed by atoms with Crippen molar-refractivity contribution in [3.05, 3.63) is 69.4 Å². The van der Waals surface area contributed by atoms with Crippen LogP contribution in [0.5, 0.6) is 0 Å². The zero-order valence-electron chi connectivity index (χ0n) is 16.1. The van der Waals surface area contributed by atoms with Gasteiger partial charge >= 0.3 is 5.69 Å². The molecule has 0 bridgehead atoms. The number of hydrogen-bond acceptors (Lipinski definition) is 4. The Hall–Kier alpha value is -2.80. The van der Waals surface area contributed by atoms with E-state index in [9.17, 15) is 14.4 Å². The number of amides is 1. The molecule has 1 aromatic heterocycles. The first-order valence-electron chi connectivity index (χ1n) is 9.07. The van der Waals surface area contributed by atoms with E-state index in [-0.39, 0.29) is 23.9 Å². The lowest BCUT2D eigenvalue weighted by atomic mass is 10.2. The number of carbonyl (C=O) groups excluding carboxylic acids is 1. The van der Waals surface area contributed by atoms with Gasteiger partial charge in [-0.2, -0.15) is 0 Å². The standard InChI is InChI=1S/C21H23N3O3S/c1-14(2)12-24-20(26)17-9-4-5-10-18(17)23(21(24)27)13-19(25)22-15-7-6-8-16(11-15)28-3/h4-11,14H,12-13H2,1-3H3,(H,22,25). The van der Waals surface area contributed by atoms with Crippen LogP contribution < -0.4 is 16.6 Å². The Morgan fingerprint density at radius 2 is 1.82 bits per heavy atom. The van der Waals surface area contributed by atoms with Crippen molar-refractivity contribution in [2.24, 2.45) is 5.92 Å². The van der Waals surface area contributed by atoms with Crippen molar-refractivity contribution in [2.75, 3.05) is 11.6 Å². The highest BCUT2D eigenvalue weighted by molar-refractivity contribution is 7.98. The molecule has 6 nitrogen and oxygen atoms in total. The average molecular weight is 398 g/mol. The van der Waals surface area contributed by atoms with Crippen molar-refractivity contribution in [1.29, 1.82) is 0 Å². The first-order valence-corrected chi connectivity index (χ1v) is 10.3. The minimum Gasteiger partial charge on any atom is -0.324 e. The van der Waals surface area contributed by atoms with Gasteiger partial charge in [0.05, 0.1) is 10.9 Å². The zero-order chi connectivity index (χ0) is 20.3. The second-order valence-corrected chi connectivity index (χ2v) is 7.86. The maximum Gasteiger partial charge on any atom is 0.331 e. The Kier molecular flexibility index (Phi) is 6.04. The number of nitrogens with zero attached hydrogens (tertiary/aromatic N) is 2. The van der Waals surface area contributed by atoms with E-state index in [1.54, 1.807) is 42.1 Å². The van der Waals surface area contributed by atoms with Gasteiger partial charge in [-0.05, 0) is 42.5 Å². The molecule has 7 heteroatoms. The van der Waals surface area contributed by atoms with Gasteiger partial charge in [-0.1, -0.05) is 32.0 Å². The Bertz CT molecular complexity index is 1130. The largest absolute Gasteiger partial charge is 0.331 e. The van der Waals surface area contributed by atoms with Gasteiger partial charge in [-0.25, -0.2) is 4.79 Å². The summed E-state index contributed by atoms with van der Waals surface area (Å²) < 4.78 is 2.58. The van der Waals surface area contributed by atoms with E-state index < -0.39 is 5.69 Å². The van der Waals surface area contributed by atoms with E-state index in [2.05, 4.69) is 5.32 Å². The highest BCUT2D eigenvalue weighted by atomic mass is 32.2. The average Bonchev–Trinajstić information content (AvgIpc) is 2.68. The second-order valence-electron chi connectivity index (χ2n) is 6.98. The Morgan fingerprint density at radius 3 is 2.54 bits per heavy atom. The molecular weight excluding hydrogens is 374 g/mol. The molecule has 0 aliphatic carbocycles. The van der Waals surface area contributed by atoms with Gasteiger partial charge in [0.1, 0.15) is 6.54 Å². The lowest BCUT2D eigenvalue weighted by Crippen LogP contribution is -2.42. The van der Waals surface area contributed by atoms with Crippen LogP contribution in [0.1, 0.15) is 13.8 Å². The fourth-order valence-corrected chi connectivity index (χ4v) is 3.55. The Labute approximate surface area is 167 Å². The summed E-state index contributed by atoms with van der Waals surface area (Å²) in [6.45, 7) is 4.02. The van der Waals surface area contributed by atoms with Crippen LogP contribution in [0.4, 0.5) is 5.69 Å². The Balaban J connectivity index is 2.01. The fourth-order valence-electron chi connectivity index (χ4n) is 3.09. The molecule has 3 rings (SSSR count). The molecule has 0 spiro atoms. The summed E-state index contributed by atoms with van der Waals surface area (Å²) in [6.07, 6.45) is 1.96. The number of benzene rings is 2. The summed E-state index contributed by atoms with van der Waals surface area (Å²) in [5.74, 6) is -0.191. The van der Waals surface area contributed by atoms with Crippen LogP contribution in [0, 0.1) is 5.92 Å². The molecule has 0 unspecified atom stereocenters. The summed E-state index contributed by atoms with van der Waals surface area (Å²) in [6, 6.07) is 14.4. The molecule has 0 fully saturated rings. The quantitative estimate of drug-likeness (QED) is 0.649. The third-order valence-electron chi connectivity index (χ3n) is 4.34. The van der Waals surface area contributed by atoms with Crippen molar-refractivity contribution in [1.82, 2.24) is 9.13 Å². The molecule has 0 aliphatic rings. The molecule has 146 valence electrons. The SMILES string of the molecule is CSc1cccc(NC(=O)Cn2c(=O)n(CC(C)C)c(=O)c3ccccc32)c1. The van der Waals surface area contributed by atoms with Crippen LogP contribution in [0.15, 0.2) is 63.0 Å². The number of rotatable bonds is 6. The molecule has 3 aromatic rings. The predicted octanol–water partition coefficient (Wildman–Crippen LogP) is 3.18. The molecular formula is C21H23N3O3S. The van der Waals surface area contributed by atoms with Crippen LogP contribution in [0.25, 0.3) is 10.9 Å². The number of nitrogens with one attached hydrogen (secondary N) is 1. The Morgan fingerprint density at radius 1 is 1.07 bits per heavy atom. The second kappa shape index (κ2) is 8.48. The van der Waals surface area contributed by atoms with Crippen molar-refractivity contribution < 1.29 is 4.79 Å². The van der Waals surface area contributed by atoms with E-state index in [1.807, 2.05) is 38.3 Å². The van der Waals surface area contributed by atoms with E-state index in [0.29, 0.717) is 23.1 Å². The lowest BCUT2D eigenvalue weighted by molar-refractivity contribution is -0.116. The van der Waals surface area contributed by atoms with Gasteiger partial charge in [-0.3, -0.25) is 18.7 Å². The van der Waals surface area contributed by atoms with Crippen LogP contribution in [-0.4, -0.2) is 21.3 Å². The molecule has 1 N–H and O–H groups in total. The summed E-state index contributed by atoms with van der Waals surface area (Å²) >= 11 is 1.58. The van der Waals surface area contributed by atoms with E-state index in [4.69, 9.17) is 0 Å². The van der Waals surface area contributed by atoms with Crippen LogP contribution in [0.3, 0.4) is 0 Å². The third-order valence-corrected chi connectivity index (χ3v) is 5.06. The maximum atomic E-state index is 13.0. The summed E-state index contributed by atoms with van der Waals surface area (Å²) in [5, 5.41) is 3.26. The van der Waals surface area contributed by atoms with Gasteiger partial charge in [0.25, 0.3) is 5.56 Å². The molecule has 1 heterocycles. The number of aromatic nitrogens is 2. The number of thioether (sulfide) groups is 1. The van der Waals surface area contributed by atoms with Gasteiger partial charge in [0.2, 0.25) is 5.91 Å². The third kappa shape index (κ3) is 4.20. The van der Waals surface area contributed by atoms with Crippen LogP contribution in [-0.2, 0) is 17.9 Å². The van der Waals surface area contributed by atoms with Crippen molar-refractivity contribution in [2.45, 2.75) is 31.8 Å². The van der Waals surface area contributed by atoms with Crippen LogP contribution in [0.2, 0.25) is 0 Å². The number of fused-ring (bicyclic) bond motifs is 1. The molecule has 1 amide bonds. The number of para-hydroxylation sites is 1. The topological polar surface area (TPSA) is 73.1 Å². The highest BCUT2D eigenvalue weighted by Crippen LogP contribution is 2.19. The van der Waals surface area contributed by atoms with Gasteiger partial charge in [0, 0.05) is 17.1 Å². The minimum atomic E-state index is -0.467. The summed E-state index contributed by atoms with van der Waals surface area (Å²) in [4.78, 5) is 39.4. The highest BCUT2D eigenvalue weighted by Gasteiger charge is 2.16. The molecule has 28 heavy (non-hydrogen) atoms. The number of anilines is 1. The molecule has 0 aliphatic heterocycles. The van der Waals surface area contributed by atoms with Gasteiger partial charge < -0.3 is 5.32 Å². The molecule has 0 saturated heterocycles. The zero-order valence-corrected chi connectivity index (χ0v) is 17.0. The smallest absolute Gasteiger partial charge is 0.324 e. The van der Waals surface area contributed by atoms with Crippen LogP contribution >= 0.6 is 11.8 Å². The van der Waals surface area contributed by atoms with Crippen molar-refractivity contribution in [3.63, 3.8) is 0 Å². The normalized spacial score (nSPS) is 11.1. The predicted molar refractivity (Wildman–Crippen MR) is 114 cm³/mol. The van der Waals surface area contributed by atoms with E-state index in [0.717, 1.165) is 4.90 Å². The molecule has 0 saturated carbocycles. The van der Waals surface area contributed by atoms with E-state index >= 15 is 0 Å². The van der Waals surface area contributed by atoms with E-state index in [1.165, 1.54) is 9.13 Å². The fraction of sp³-hybridized carbons (Fsp3) is 0.286. The summed E-state index contributed by atoms with van der Waals surface area (Å²) in [5.41, 5.74) is 0.347. The molecule has 0 radical (unpaired) electrons. The summed E-state index contributed by atoms with van der Waals surface area (Å²) in [7, 11) is 0. The number of hydrogen-bond donors (Lipinski definition) is 1. The maximum absolute atomic E-state index is 13.0. The van der Waals surface area contributed by atoms with Crippen molar-refractivity contribution >= 4 is 34.3 Å².